The molecule has 1 atom stereocenters. The van der Waals surface area contributed by atoms with Crippen molar-refractivity contribution in [3.05, 3.63) is 29.2 Å². The highest BCUT2D eigenvalue weighted by Crippen LogP contribution is 2.44. The van der Waals surface area contributed by atoms with E-state index in [1.165, 1.54) is 22.3 Å². The minimum atomic E-state index is -1.74. The van der Waals surface area contributed by atoms with Gasteiger partial charge in [-0.25, -0.2) is 0 Å². The molecule has 1 aliphatic carbocycles. The lowest BCUT2D eigenvalue weighted by molar-refractivity contribution is 0.370. The Kier molecular flexibility index (Phi) is 4.82. The van der Waals surface area contributed by atoms with E-state index in [0.717, 1.165) is 12.8 Å². The van der Waals surface area contributed by atoms with E-state index in [1.807, 2.05) is 6.26 Å². The molecule has 1 aromatic heterocycles. The largest absolute Gasteiger partial charge is 0.547 e. The average Bonchev–Trinajstić information content (AvgIpc) is 2.95. The molecule has 2 rings (SSSR count). The maximum atomic E-state index is 6.60. The van der Waals surface area contributed by atoms with Crippen LogP contribution in [0.2, 0.25) is 37.8 Å². The zero-order valence-electron chi connectivity index (χ0n) is 16.5. The molecule has 2 nitrogen and oxygen atoms in total. The summed E-state index contributed by atoms with van der Waals surface area (Å²) in [4.78, 5) is 0. The van der Waals surface area contributed by atoms with Crippen LogP contribution in [0.15, 0.2) is 28.1 Å². The molecule has 0 radical (unpaired) electrons. The second kappa shape index (κ2) is 5.96. The van der Waals surface area contributed by atoms with Crippen molar-refractivity contribution in [1.29, 1.82) is 0 Å². The molecule has 0 aliphatic heterocycles. The van der Waals surface area contributed by atoms with Crippen LogP contribution in [0.1, 0.15) is 52.0 Å². The number of allylic oxidation sites excluding steroid dienone is 2. The molecule has 1 aromatic rings. The molecule has 0 bridgehead atoms. The van der Waals surface area contributed by atoms with Gasteiger partial charge in [-0.2, -0.15) is 0 Å². The van der Waals surface area contributed by atoms with Crippen LogP contribution in [-0.4, -0.2) is 16.4 Å². The molecule has 1 aliphatic rings. The van der Waals surface area contributed by atoms with E-state index in [4.69, 9.17) is 8.84 Å². The van der Waals surface area contributed by atoms with Gasteiger partial charge in [0.15, 0.2) is 0 Å². The van der Waals surface area contributed by atoms with E-state index < -0.39 is 16.4 Å². The predicted octanol–water partition coefficient (Wildman–Crippen LogP) is 6.00. The van der Waals surface area contributed by atoms with Gasteiger partial charge in [-0.1, -0.05) is 40.4 Å². The van der Waals surface area contributed by atoms with Crippen molar-refractivity contribution in [3.63, 3.8) is 0 Å². The van der Waals surface area contributed by atoms with Crippen LogP contribution in [0.4, 0.5) is 0 Å². The maximum Gasteiger partial charge on any atom is 0.250 e. The summed E-state index contributed by atoms with van der Waals surface area (Å²) in [6, 6.07) is 2.30. The average molecular weight is 351 g/mol. The van der Waals surface area contributed by atoms with Gasteiger partial charge in [-0.15, -0.1) is 0 Å². The van der Waals surface area contributed by atoms with Gasteiger partial charge in [-0.3, -0.25) is 0 Å². The molecule has 130 valence electrons. The first-order chi connectivity index (χ1) is 10.3. The summed E-state index contributed by atoms with van der Waals surface area (Å²) in [6.07, 6.45) is 4.20. The van der Waals surface area contributed by atoms with Gasteiger partial charge in [0.05, 0.1) is 17.4 Å². The third-order valence-corrected chi connectivity index (χ3v) is 11.7. The van der Waals surface area contributed by atoms with E-state index in [1.54, 1.807) is 0 Å². The van der Waals surface area contributed by atoms with Crippen LogP contribution in [0.5, 0.6) is 0 Å². The Labute approximate surface area is 144 Å². The van der Waals surface area contributed by atoms with Gasteiger partial charge >= 0.3 is 0 Å². The van der Waals surface area contributed by atoms with E-state index in [9.17, 15) is 0 Å². The Morgan fingerprint density at radius 3 is 2.22 bits per heavy atom. The normalized spacial score (nSPS) is 20.3. The van der Waals surface area contributed by atoms with E-state index in [2.05, 4.69) is 66.5 Å². The van der Waals surface area contributed by atoms with Crippen LogP contribution in [-0.2, 0) is 4.43 Å². The lowest BCUT2D eigenvalue weighted by Crippen LogP contribution is -2.40. The van der Waals surface area contributed by atoms with Crippen molar-refractivity contribution in [1.82, 2.24) is 0 Å². The highest BCUT2D eigenvalue weighted by atomic mass is 28.4. The topological polar surface area (TPSA) is 22.4 Å². The van der Waals surface area contributed by atoms with Crippen LogP contribution in [0.25, 0.3) is 0 Å². The third-order valence-electron chi connectivity index (χ3n) is 5.57. The minimum Gasteiger partial charge on any atom is -0.547 e. The van der Waals surface area contributed by atoms with Gasteiger partial charge in [0.2, 0.25) is 8.32 Å². The van der Waals surface area contributed by atoms with Crippen LogP contribution in [0.3, 0.4) is 0 Å². The van der Waals surface area contributed by atoms with Crippen LogP contribution < -0.4 is 5.38 Å². The van der Waals surface area contributed by atoms with Crippen LogP contribution in [0, 0.1) is 0 Å². The lowest BCUT2D eigenvalue weighted by Gasteiger charge is -2.37. The Bertz CT molecular complexity index is 598. The Balaban J connectivity index is 2.22. The maximum absolute atomic E-state index is 6.60. The van der Waals surface area contributed by atoms with Crippen molar-refractivity contribution in [2.45, 2.75) is 84.2 Å². The summed E-state index contributed by atoms with van der Waals surface area (Å²) in [5.74, 6) is 1.72. The molecular weight excluding hydrogens is 316 g/mol. The quantitative estimate of drug-likeness (QED) is 0.621. The minimum absolute atomic E-state index is 0.249. The van der Waals surface area contributed by atoms with Crippen molar-refractivity contribution < 1.29 is 8.84 Å². The zero-order valence-corrected chi connectivity index (χ0v) is 18.5. The second-order valence-corrected chi connectivity index (χ2v) is 19.3. The third kappa shape index (κ3) is 3.85. The standard InChI is InChI=1S/C19H34O2Si2/c1-14-16(15-12-18(20-13-15)22(5,6)7)10-11-17(14)21-23(8,9)19(2,3)4/h12-13,16H,10-11H2,1-9H3. The smallest absolute Gasteiger partial charge is 0.250 e. The molecule has 4 heteroatoms. The molecule has 1 unspecified atom stereocenters. The highest BCUT2D eigenvalue weighted by molar-refractivity contribution is 6.87. The number of rotatable bonds is 4. The fourth-order valence-electron chi connectivity index (χ4n) is 2.82. The molecule has 0 fully saturated rings. The Morgan fingerprint density at radius 2 is 1.74 bits per heavy atom. The molecule has 0 aromatic carbocycles. The molecule has 0 N–H and O–H groups in total. The summed E-state index contributed by atoms with van der Waals surface area (Å²) in [5.41, 5.74) is 2.76. The lowest BCUT2D eigenvalue weighted by atomic mass is 9.96. The van der Waals surface area contributed by atoms with E-state index >= 15 is 0 Å². The summed E-state index contributed by atoms with van der Waals surface area (Å²) in [5, 5.41) is 1.46. The molecular formula is C19H34O2Si2. The summed E-state index contributed by atoms with van der Waals surface area (Å²) < 4.78 is 12.5. The molecule has 0 saturated heterocycles. The molecule has 23 heavy (non-hydrogen) atoms. The molecule has 0 spiro atoms. The first-order valence-corrected chi connectivity index (χ1v) is 15.2. The van der Waals surface area contributed by atoms with Crippen molar-refractivity contribution in [2.24, 2.45) is 0 Å². The molecule has 0 amide bonds. The van der Waals surface area contributed by atoms with Gasteiger partial charge in [-0.05, 0) is 48.7 Å². The van der Waals surface area contributed by atoms with Crippen LogP contribution >= 0.6 is 0 Å². The molecule has 0 saturated carbocycles. The zero-order chi connectivity index (χ0) is 17.6. The Morgan fingerprint density at radius 1 is 1.13 bits per heavy atom. The van der Waals surface area contributed by atoms with Gasteiger partial charge < -0.3 is 8.84 Å². The monoisotopic (exact) mass is 350 g/mol. The molecule has 1 heterocycles. The summed E-state index contributed by atoms with van der Waals surface area (Å²) in [7, 11) is -3.11. The number of furan rings is 1. The summed E-state index contributed by atoms with van der Waals surface area (Å²) >= 11 is 0. The number of hydrogen-bond acceptors (Lipinski definition) is 2. The van der Waals surface area contributed by atoms with Gasteiger partial charge in [0, 0.05) is 12.3 Å². The SMILES string of the molecule is CC1=C(O[Si](C)(C)C(C)(C)C)CCC1c1coc([Si](C)(C)C)c1. The van der Waals surface area contributed by atoms with Crippen molar-refractivity contribution >= 4 is 21.8 Å². The first kappa shape index (κ1) is 18.6. The highest BCUT2D eigenvalue weighted by Gasteiger charge is 2.41. The van der Waals surface area contributed by atoms with Gasteiger partial charge in [0.25, 0.3) is 0 Å². The van der Waals surface area contributed by atoms with Crippen molar-refractivity contribution in [3.8, 4) is 0 Å². The second-order valence-electron chi connectivity index (χ2n) is 9.55. The van der Waals surface area contributed by atoms with E-state index in [0.29, 0.717) is 5.92 Å². The van der Waals surface area contributed by atoms with Crippen molar-refractivity contribution in [2.75, 3.05) is 0 Å². The number of hydrogen-bond donors (Lipinski definition) is 0. The van der Waals surface area contributed by atoms with Gasteiger partial charge in [0.1, 0.15) is 8.07 Å². The summed E-state index contributed by atoms with van der Waals surface area (Å²) in [6.45, 7) is 20.8. The fraction of sp³-hybridized carbons (Fsp3) is 0.684. The Hall–Kier alpha value is -0.746. The van der Waals surface area contributed by atoms with E-state index in [-0.39, 0.29) is 5.04 Å². The first-order valence-electron chi connectivity index (χ1n) is 8.80. The fourth-order valence-corrected chi connectivity index (χ4v) is 5.02. The predicted molar refractivity (Wildman–Crippen MR) is 105 cm³/mol.